The molecule has 2 nitrogen and oxygen atoms in total. The van der Waals surface area contributed by atoms with E-state index >= 15 is 0 Å². The second-order valence-electron chi connectivity index (χ2n) is 24.8. The van der Waals surface area contributed by atoms with E-state index in [1.165, 1.54) is 81.6 Å². The van der Waals surface area contributed by atoms with Crippen molar-refractivity contribution < 1.29 is 0 Å². The molecule has 0 saturated carbocycles. The van der Waals surface area contributed by atoms with Gasteiger partial charge in [-0.15, -0.1) is 0 Å². The van der Waals surface area contributed by atoms with Gasteiger partial charge in [0.05, 0.1) is 0 Å². The van der Waals surface area contributed by atoms with E-state index in [2.05, 4.69) is 229 Å². The van der Waals surface area contributed by atoms with Crippen molar-refractivity contribution in [3.63, 3.8) is 0 Å². The standard InChI is InChI=1S/C32H40ClN.C25H35N.C7H6BrCl/c1-21-18-24(33)20-26(19-21)34(25-12-10-23(11-13-25)30(3,4)5)28-15-14-27-29(22(28)2)32(8,9)17-16-31(27,6)7;1-17-21(26-19-11-9-18(10-12-19)23(2,3)4)14-13-20-22(17)25(7,8)16-15-24(20,5)6;1-5-2-6(8)4-7(9)3-5/h10-15,18-20H,16-17H2,1-9H3;9-14,26H,15-16H2,1-8H3;2-4H,1H3. The Kier molecular flexibility index (Phi) is 15.9. The number of hydrogen-bond donors (Lipinski definition) is 1. The second kappa shape index (κ2) is 20.2. The molecule has 0 aromatic heterocycles. The monoisotopic (exact) mass is 1030 g/mol. The highest BCUT2D eigenvalue weighted by atomic mass is 79.9. The molecular weight excluding hydrogens is 948 g/mol. The van der Waals surface area contributed by atoms with E-state index in [1.807, 2.05) is 31.2 Å². The summed E-state index contributed by atoms with van der Waals surface area (Å²) >= 11 is 15.6. The smallest absolute Gasteiger partial charge is 0.0493 e. The maximum absolute atomic E-state index is 6.57. The lowest BCUT2D eigenvalue weighted by atomic mass is 9.62. The Labute approximate surface area is 437 Å². The number of halogens is 3. The molecule has 0 radical (unpaired) electrons. The van der Waals surface area contributed by atoms with Gasteiger partial charge in [-0.3, -0.25) is 0 Å². The summed E-state index contributed by atoms with van der Waals surface area (Å²) in [5.41, 5.74) is 20.9. The molecule has 1 N–H and O–H groups in total. The van der Waals surface area contributed by atoms with Gasteiger partial charge in [0, 0.05) is 43.0 Å². The largest absolute Gasteiger partial charge is 0.355 e. The van der Waals surface area contributed by atoms with Crippen LogP contribution in [0.15, 0.2) is 114 Å². The van der Waals surface area contributed by atoms with Crippen molar-refractivity contribution in [3.8, 4) is 0 Å². The summed E-state index contributed by atoms with van der Waals surface area (Å²) in [6, 6.07) is 39.4. The lowest BCUT2D eigenvalue weighted by Gasteiger charge is -2.44. The summed E-state index contributed by atoms with van der Waals surface area (Å²) in [5.74, 6) is 0. The zero-order valence-electron chi connectivity index (χ0n) is 45.3. The predicted octanol–water partition coefficient (Wildman–Crippen LogP) is 20.9. The first kappa shape index (κ1) is 54.3. The van der Waals surface area contributed by atoms with E-state index in [9.17, 15) is 0 Å². The molecule has 368 valence electrons. The minimum atomic E-state index is 0.118. The van der Waals surface area contributed by atoms with Crippen molar-refractivity contribution in [3.05, 3.63) is 179 Å². The normalized spacial score (nSPS) is 16.4. The summed E-state index contributed by atoms with van der Waals surface area (Å²) in [6.45, 7) is 41.4. The van der Waals surface area contributed by atoms with Gasteiger partial charge in [0.15, 0.2) is 0 Å². The Balaban J connectivity index is 0.000000196. The van der Waals surface area contributed by atoms with Crippen LogP contribution in [0.25, 0.3) is 0 Å². The molecule has 8 rings (SSSR count). The molecule has 2 aliphatic rings. The van der Waals surface area contributed by atoms with E-state index < -0.39 is 0 Å². The van der Waals surface area contributed by atoms with Crippen molar-refractivity contribution >= 4 is 67.6 Å². The minimum Gasteiger partial charge on any atom is -0.355 e. The third kappa shape index (κ3) is 12.5. The number of aryl methyl sites for hydroxylation is 2. The summed E-state index contributed by atoms with van der Waals surface area (Å²) in [4.78, 5) is 2.39. The van der Waals surface area contributed by atoms with Gasteiger partial charge in [-0.2, -0.15) is 0 Å². The third-order valence-corrected chi connectivity index (χ3v) is 15.9. The van der Waals surface area contributed by atoms with Crippen LogP contribution in [0.1, 0.15) is 178 Å². The van der Waals surface area contributed by atoms with Crippen LogP contribution in [-0.4, -0.2) is 0 Å². The van der Waals surface area contributed by atoms with Crippen LogP contribution >= 0.6 is 39.1 Å². The highest BCUT2D eigenvalue weighted by Crippen LogP contribution is 2.51. The van der Waals surface area contributed by atoms with Gasteiger partial charge >= 0.3 is 0 Å². The maximum atomic E-state index is 6.57. The van der Waals surface area contributed by atoms with Crippen LogP contribution in [0.4, 0.5) is 28.4 Å². The summed E-state index contributed by atoms with van der Waals surface area (Å²) < 4.78 is 1.03. The van der Waals surface area contributed by atoms with E-state index in [0.717, 1.165) is 37.1 Å². The minimum absolute atomic E-state index is 0.118. The second-order valence-corrected chi connectivity index (χ2v) is 26.6. The van der Waals surface area contributed by atoms with Crippen molar-refractivity contribution in [2.45, 2.75) is 183 Å². The van der Waals surface area contributed by atoms with Gasteiger partial charge in [-0.05, 0) is 214 Å². The number of hydrogen-bond acceptors (Lipinski definition) is 2. The van der Waals surface area contributed by atoms with Crippen molar-refractivity contribution in [2.24, 2.45) is 0 Å². The summed E-state index contributed by atoms with van der Waals surface area (Å²) in [6.07, 6.45) is 4.93. The van der Waals surface area contributed by atoms with Gasteiger partial charge in [0.25, 0.3) is 0 Å². The summed E-state index contributed by atoms with van der Waals surface area (Å²) in [7, 11) is 0. The Hall–Kier alpha value is -4.02. The van der Waals surface area contributed by atoms with Crippen LogP contribution in [0.5, 0.6) is 0 Å². The van der Waals surface area contributed by atoms with Crippen LogP contribution in [0.2, 0.25) is 10.0 Å². The maximum Gasteiger partial charge on any atom is 0.0493 e. The van der Waals surface area contributed by atoms with Gasteiger partial charge in [0.1, 0.15) is 0 Å². The Morgan fingerprint density at radius 2 is 0.913 bits per heavy atom. The predicted molar refractivity (Wildman–Crippen MR) is 308 cm³/mol. The third-order valence-electron chi connectivity index (χ3n) is 15.0. The number of fused-ring (bicyclic) bond motifs is 2. The summed E-state index contributed by atoms with van der Waals surface area (Å²) in [5, 5.41) is 5.21. The van der Waals surface area contributed by atoms with Gasteiger partial charge < -0.3 is 10.2 Å². The average Bonchev–Trinajstić information content (AvgIpc) is 3.22. The topological polar surface area (TPSA) is 15.3 Å². The Morgan fingerprint density at radius 3 is 1.38 bits per heavy atom. The van der Waals surface area contributed by atoms with E-state index in [0.29, 0.717) is 0 Å². The number of benzene rings is 6. The zero-order chi connectivity index (χ0) is 51.2. The molecule has 0 atom stereocenters. The first-order chi connectivity index (χ1) is 31.8. The zero-order valence-corrected chi connectivity index (χ0v) is 48.4. The molecule has 0 heterocycles. The fourth-order valence-electron chi connectivity index (χ4n) is 10.7. The SMILES string of the molecule is Cc1c(Nc2ccc(C(C)(C)C)cc2)ccc2c1C(C)(C)CCC2(C)C.Cc1cc(Cl)cc(Br)c1.Cc1cc(Cl)cc(N(c2ccc(C(C)(C)C)cc2)c2ccc3c(c2C)C(C)(C)CCC3(C)C)c1. The lowest BCUT2D eigenvalue weighted by molar-refractivity contribution is 0.330. The molecule has 6 aromatic carbocycles. The molecule has 6 aromatic rings. The lowest BCUT2D eigenvalue weighted by Crippen LogP contribution is -2.35. The Morgan fingerprint density at radius 1 is 0.478 bits per heavy atom. The molecule has 0 unspecified atom stereocenters. The van der Waals surface area contributed by atoms with Gasteiger partial charge in [0.2, 0.25) is 0 Å². The van der Waals surface area contributed by atoms with Crippen LogP contribution < -0.4 is 10.2 Å². The molecule has 0 aliphatic heterocycles. The van der Waals surface area contributed by atoms with Crippen molar-refractivity contribution in [1.29, 1.82) is 0 Å². The number of nitrogens with zero attached hydrogens (tertiary/aromatic N) is 1. The quantitative estimate of drug-likeness (QED) is 0.185. The molecule has 0 amide bonds. The van der Waals surface area contributed by atoms with Crippen molar-refractivity contribution in [2.75, 3.05) is 10.2 Å². The fraction of sp³-hybridized carbons (Fsp3) is 0.438. The Bertz CT molecular complexity index is 2710. The number of rotatable bonds is 5. The van der Waals surface area contributed by atoms with E-state index in [-0.39, 0.29) is 32.5 Å². The van der Waals surface area contributed by atoms with E-state index in [4.69, 9.17) is 23.2 Å². The average molecular weight is 1030 g/mol. The number of nitrogens with one attached hydrogen (secondary N) is 1. The molecule has 0 saturated heterocycles. The van der Waals surface area contributed by atoms with Crippen molar-refractivity contribution in [1.82, 2.24) is 0 Å². The number of anilines is 5. The fourth-order valence-corrected chi connectivity index (χ4v) is 12.0. The molecule has 2 aliphatic carbocycles. The van der Waals surface area contributed by atoms with Gasteiger partial charge in [-0.25, -0.2) is 0 Å². The molecule has 69 heavy (non-hydrogen) atoms. The molecule has 0 bridgehead atoms. The molecular formula is C64H81BrCl2N2. The first-order valence-corrected chi connectivity index (χ1v) is 26.6. The van der Waals surface area contributed by atoms with Gasteiger partial charge in [-0.1, -0.05) is 172 Å². The van der Waals surface area contributed by atoms with Crippen LogP contribution in [0, 0.1) is 27.7 Å². The molecule has 0 spiro atoms. The highest BCUT2D eigenvalue weighted by Gasteiger charge is 2.40. The van der Waals surface area contributed by atoms with E-state index in [1.54, 1.807) is 5.56 Å². The molecule has 5 heteroatoms. The molecule has 0 fully saturated rings. The van der Waals surface area contributed by atoms with Crippen LogP contribution in [-0.2, 0) is 32.5 Å². The highest BCUT2D eigenvalue weighted by molar-refractivity contribution is 9.10. The van der Waals surface area contributed by atoms with Crippen LogP contribution in [0.3, 0.4) is 0 Å². The first-order valence-electron chi connectivity index (χ1n) is 25.1.